The molecule has 6 nitrogen and oxygen atoms in total. The van der Waals surface area contributed by atoms with Gasteiger partial charge in [0.2, 0.25) is 0 Å². The third-order valence-corrected chi connectivity index (χ3v) is 3.72. The van der Waals surface area contributed by atoms with Crippen LogP contribution in [0.3, 0.4) is 0 Å². The SMILES string of the molecule is Cc1oc(C)c(-c2cc(N(CCO)CCO)ccc2N)c1N. The Kier molecular flexibility index (Phi) is 4.95. The molecule has 1 heterocycles. The lowest BCUT2D eigenvalue weighted by molar-refractivity contribution is 0.281. The molecule has 0 spiro atoms. The van der Waals surface area contributed by atoms with Crippen LogP contribution in [0.4, 0.5) is 17.1 Å². The van der Waals surface area contributed by atoms with E-state index < -0.39 is 0 Å². The second kappa shape index (κ2) is 6.72. The van der Waals surface area contributed by atoms with Gasteiger partial charge in [0.1, 0.15) is 11.5 Å². The summed E-state index contributed by atoms with van der Waals surface area (Å²) in [6.45, 7) is 4.54. The molecule has 0 unspecified atom stereocenters. The number of aliphatic hydroxyl groups excluding tert-OH is 2. The molecule has 0 aliphatic rings. The highest BCUT2D eigenvalue weighted by Crippen LogP contribution is 2.39. The van der Waals surface area contributed by atoms with Crippen molar-refractivity contribution in [1.29, 1.82) is 0 Å². The molecule has 120 valence electrons. The van der Waals surface area contributed by atoms with Crippen LogP contribution in [-0.4, -0.2) is 36.5 Å². The van der Waals surface area contributed by atoms with Crippen molar-refractivity contribution in [2.75, 3.05) is 42.7 Å². The summed E-state index contributed by atoms with van der Waals surface area (Å²) in [4.78, 5) is 1.89. The van der Waals surface area contributed by atoms with Gasteiger partial charge in [-0.3, -0.25) is 0 Å². The molecule has 0 aliphatic heterocycles. The van der Waals surface area contributed by atoms with E-state index >= 15 is 0 Å². The zero-order chi connectivity index (χ0) is 16.3. The van der Waals surface area contributed by atoms with Gasteiger partial charge in [-0.05, 0) is 32.0 Å². The number of anilines is 3. The van der Waals surface area contributed by atoms with Crippen molar-refractivity contribution < 1.29 is 14.6 Å². The van der Waals surface area contributed by atoms with Crippen molar-refractivity contribution >= 4 is 17.1 Å². The standard InChI is InChI=1S/C16H23N3O3/c1-10-15(16(18)11(2)22-10)13-9-12(3-4-14(13)17)19(5-7-20)6-8-21/h3-4,9,20-21H,5-8,17-18H2,1-2H3. The van der Waals surface area contributed by atoms with Gasteiger partial charge in [-0.15, -0.1) is 0 Å². The van der Waals surface area contributed by atoms with Gasteiger partial charge in [-0.2, -0.15) is 0 Å². The largest absolute Gasteiger partial charge is 0.464 e. The molecule has 0 bridgehead atoms. The quantitative estimate of drug-likeness (QED) is 0.603. The molecular weight excluding hydrogens is 282 g/mol. The number of rotatable bonds is 6. The first kappa shape index (κ1) is 16.2. The van der Waals surface area contributed by atoms with Crippen LogP contribution in [-0.2, 0) is 0 Å². The van der Waals surface area contributed by atoms with E-state index in [1.165, 1.54) is 0 Å². The smallest absolute Gasteiger partial charge is 0.124 e. The Morgan fingerprint density at radius 3 is 2.18 bits per heavy atom. The summed E-state index contributed by atoms with van der Waals surface area (Å²) in [5, 5.41) is 18.3. The predicted octanol–water partition coefficient (Wildman–Crippen LogP) is 1.52. The summed E-state index contributed by atoms with van der Waals surface area (Å²) < 4.78 is 5.58. The van der Waals surface area contributed by atoms with E-state index in [0.717, 1.165) is 22.6 Å². The molecule has 0 aliphatic carbocycles. The second-order valence-electron chi connectivity index (χ2n) is 5.21. The topological polar surface area (TPSA) is 109 Å². The van der Waals surface area contributed by atoms with Gasteiger partial charge in [0.15, 0.2) is 0 Å². The Bertz CT molecular complexity index is 646. The van der Waals surface area contributed by atoms with Crippen molar-refractivity contribution in [1.82, 2.24) is 0 Å². The number of aliphatic hydroxyl groups is 2. The molecule has 0 radical (unpaired) electrons. The number of aryl methyl sites for hydroxylation is 2. The highest BCUT2D eigenvalue weighted by atomic mass is 16.3. The van der Waals surface area contributed by atoms with Crippen LogP contribution >= 0.6 is 0 Å². The van der Waals surface area contributed by atoms with Crippen molar-refractivity contribution in [3.05, 3.63) is 29.7 Å². The Morgan fingerprint density at radius 1 is 1.05 bits per heavy atom. The summed E-state index contributed by atoms with van der Waals surface area (Å²) in [6, 6.07) is 5.57. The van der Waals surface area contributed by atoms with E-state index in [1.54, 1.807) is 6.07 Å². The lowest BCUT2D eigenvalue weighted by Gasteiger charge is -2.24. The molecule has 1 aromatic heterocycles. The minimum absolute atomic E-state index is 0.00565. The number of nitrogen functional groups attached to an aromatic ring is 2. The fourth-order valence-corrected chi connectivity index (χ4v) is 2.60. The van der Waals surface area contributed by atoms with Crippen LogP contribution in [0, 0.1) is 13.8 Å². The van der Waals surface area contributed by atoms with Gasteiger partial charge in [-0.25, -0.2) is 0 Å². The molecule has 6 N–H and O–H groups in total. The van der Waals surface area contributed by atoms with E-state index in [-0.39, 0.29) is 13.2 Å². The fourth-order valence-electron chi connectivity index (χ4n) is 2.60. The highest BCUT2D eigenvalue weighted by Gasteiger charge is 2.18. The maximum atomic E-state index is 9.17. The Hall–Kier alpha value is -2.18. The van der Waals surface area contributed by atoms with Crippen molar-refractivity contribution in [2.45, 2.75) is 13.8 Å². The van der Waals surface area contributed by atoms with Gasteiger partial charge >= 0.3 is 0 Å². The zero-order valence-electron chi connectivity index (χ0n) is 13.0. The van der Waals surface area contributed by atoms with Gasteiger partial charge in [0.25, 0.3) is 0 Å². The zero-order valence-corrected chi connectivity index (χ0v) is 13.0. The molecule has 0 saturated heterocycles. The molecule has 0 amide bonds. The minimum atomic E-state index is 0.00565. The van der Waals surface area contributed by atoms with Crippen LogP contribution in [0.25, 0.3) is 11.1 Å². The molecule has 1 aromatic carbocycles. The number of hydrogen-bond donors (Lipinski definition) is 4. The van der Waals surface area contributed by atoms with E-state index in [1.807, 2.05) is 30.9 Å². The minimum Gasteiger partial charge on any atom is -0.464 e. The average Bonchev–Trinajstić information content (AvgIpc) is 2.73. The normalized spacial score (nSPS) is 10.9. The number of nitrogens with two attached hydrogens (primary N) is 2. The van der Waals surface area contributed by atoms with E-state index in [4.69, 9.17) is 15.9 Å². The van der Waals surface area contributed by atoms with Gasteiger partial charge in [0.05, 0.1) is 18.9 Å². The van der Waals surface area contributed by atoms with Gasteiger partial charge in [0, 0.05) is 35.6 Å². The number of benzene rings is 1. The molecule has 22 heavy (non-hydrogen) atoms. The maximum Gasteiger partial charge on any atom is 0.124 e. The maximum absolute atomic E-state index is 9.17. The number of nitrogens with zero attached hydrogens (tertiary/aromatic N) is 1. The van der Waals surface area contributed by atoms with Crippen molar-refractivity contribution in [3.63, 3.8) is 0 Å². The third kappa shape index (κ3) is 3.03. The first-order chi connectivity index (χ1) is 10.5. The first-order valence-electron chi connectivity index (χ1n) is 7.21. The summed E-state index contributed by atoms with van der Waals surface area (Å²) in [6.07, 6.45) is 0. The molecule has 2 rings (SSSR count). The van der Waals surface area contributed by atoms with Crippen LogP contribution in [0.15, 0.2) is 22.6 Å². The van der Waals surface area contributed by atoms with E-state index in [2.05, 4.69) is 0 Å². The van der Waals surface area contributed by atoms with Gasteiger partial charge in [-0.1, -0.05) is 0 Å². The van der Waals surface area contributed by atoms with E-state index in [9.17, 15) is 10.2 Å². The second-order valence-corrected chi connectivity index (χ2v) is 5.21. The molecule has 0 atom stereocenters. The summed E-state index contributed by atoms with van der Waals surface area (Å²) in [7, 11) is 0. The number of furan rings is 1. The molecule has 0 fully saturated rings. The van der Waals surface area contributed by atoms with Crippen LogP contribution in [0.1, 0.15) is 11.5 Å². The fraction of sp³-hybridized carbons (Fsp3) is 0.375. The van der Waals surface area contributed by atoms with Crippen molar-refractivity contribution in [3.8, 4) is 11.1 Å². The third-order valence-electron chi connectivity index (χ3n) is 3.72. The van der Waals surface area contributed by atoms with Gasteiger partial charge < -0.3 is 31.0 Å². The Morgan fingerprint density at radius 2 is 1.68 bits per heavy atom. The molecule has 2 aromatic rings. The van der Waals surface area contributed by atoms with Crippen LogP contribution in [0.5, 0.6) is 0 Å². The summed E-state index contributed by atoms with van der Waals surface area (Å²) in [5.74, 6) is 1.38. The molecular formula is C16H23N3O3. The average molecular weight is 305 g/mol. The number of hydrogen-bond acceptors (Lipinski definition) is 6. The Balaban J connectivity index is 2.50. The monoisotopic (exact) mass is 305 g/mol. The lowest BCUT2D eigenvalue weighted by Crippen LogP contribution is -2.29. The van der Waals surface area contributed by atoms with Crippen LogP contribution < -0.4 is 16.4 Å². The van der Waals surface area contributed by atoms with Crippen molar-refractivity contribution in [2.24, 2.45) is 0 Å². The van der Waals surface area contributed by atoms with Crippen LogP contribution in [0.2, 0.25) is 0 Å². The summed E-state index contributed by atoms with van der Waals surface area (Å²) in [5.41, 5.74) is 15.9. The molecule has 6 heteroatoms. The predicted molar refractivity (Wildman–Crippen MR) is 88.8 cm³/mol. The molecule has 0 saturated carbocycles. The summed E-state index contributed by atoms with van der Waals surface area (Å²) >= 11 is 0. The van der Waals surface area contributed by atoms with E-state index in [0.29, 0.717) is 30.2 Å². The Labute approximate surface area is 130 Å². The lowest BCUT2D eigenvalue weighted by atomic mass is 10.0. The highest BCUT2D eigenvalue weighted by molar-refractivity contribution is 5.88. The first-order valence-corrected chi connectivity index (χ1v) is 7.21.